The van der Waals surface area contributed by atoms with Crippen LogP contribution in [-0.2, 0) is 4.79 Å². The van der Waals surface area contributed by atoms with Crippen molar-refractivity contribution in [1.82, 2.24) is 4.98 Å². The minimum Gasteiger partial charge on any atom is -0.483 e. The number of nitrogens with zero attached hydrogens (tertiary/aromatic N) is 1. The van der Waals surface area contributed by atoms with E-state index in [0.717, 1.165) is 0 Å². The first-order valence-corrected chi connectivity index (χ1v) is 3.82. The highest BCUT2D eigenvalue weighted by atomic mass is 16.3. The Labute approximate surface area is 81.8 Å². The summed E-state index contributed by atoms with van der Waals surface area (Å²) in [5, 5.41) is 6.89. The van der Waals surface area contributed by atoms with Crippen molar-refractivity contribution in [3.05, 3.63) is 55.3 Å². The van der Waals surface area contributed by atoms with Gasteiger partial charge in [0.25, 0.3) is 6.47 Å². The molecule has 0 atom stereocenters. The first kappa shape index (κ1) is 11.9. The lowest BCUT2D eigenvalue weighted by atomic mass is 10.4. The van der Waals surface area contributed by atoms with Crippen LogP contribution in [0.5, 0.6) is 0 Å². The van der Waals surface area contributed by atoms with Gasteiger partial charge < -0.3 is 9.52 Å². The summed E-state index contributed by atoms with van der Waals surface area (Å²) in [5.74, 6) is 0. The summed E-state index contributed by atoms with van der Waals surface area (Å²) in [6.07, 6.45) is 4.47. The second kappa shape index (κ2) is 10.9. The van der Waals surface area contributed by atoms with E-state index in [1.807, 2.05) is 36.4 Å². The Morgan fingerprint density at radius 1 is 1.07 bits per heavy atom. The highest BCUT2D eigenvalue weighted by molar-refractivity contribution is 5.32. The fourth-order valence-corrected chi connectivity index (χ4v) is 0.561. The Bertz CT molecular complexity index is 237. The van der Waals surface area contributed by atoms with Gasteiger partial charge >= 0.3 is 0 Å². The number of hydrogen-bond acceptors (Lipinski definition) is 3. The molecular weight excluding hydrogens is 182 g/mol. The topological polar surface area (TPSA) is 63.3 Å². The molecule has 2 aromatic rings. The van der Waals surface area contributed by atoms with Crippen LogP contribution in [-0.4, -0.2) is 16.6 Å². The van der Waals surface area contributed by atoms with Gasteiger partial charge in [0.15, 0.2) is 6.39 Å². The summed E-state index contributed by atoms with van der Waals surface area (Å²) in [7, 11) is 0. The first-order valence-electron chi connectivity index (χ1n) is 3.82. The smallest absolute Gasteiger partial charge is 0.290 e. The van der Waals surface area contributed by atoms with Crippen LogP contribution in [0, 0.1) is 0 Å². The van der Waals surface area contributed by atoms with Crippen molar-refractivity contribution in [3.8, 4) is 0 Å². The van der Waals surface area contributed by atoms with E-state index in [2.05, 4.69) is 9.40 Å². The van der Waals surface area contributed by atoms with Gasteiger partial charge in [0.1, 0.15) is 6.26 Å². The zero-order valence-corrected chi connectivity index (χ0v) is 7.48. The molecule has 1 aromatic carbocycles. The average Bonchev–Trinajstić information content (AvgIpc) is 2.80. The standard InChI is InChI=1S/C6H6.C3H3NO.CH2O2/c1-2-4-6-5-3-1;1-2-5-3-4-1;2-1-3/h1-6H;1-3H;1H,(H,2,3). The normalized spacial score (nSPS) is 7.14. The van der Waals surface area contributed by atoms with Crippen molar-refractivity contribution < 1.29 is 14.3 Å². The molecule has 0 bridgehead atoms. The lowest BCUT2D eigenvalue weighted by molar-refractivity contribution is -0.122. The SMILES string of the molecule is O=CO.c1ccccc1.c1cocn1. The van der Waals surface area contributed by atoms with Gasteiger partial charge in [-0.15, -0.1) is 0 Å². The van der Waals surface area contributed by atoms with E-state index in [0.29, 0.717) is 0 Å². The van der Waals surface area contributed by atoms with Gasteiger partial charge in [0, 0.05) is 0 Å². The molecule has 4 heteroatoms. The van der Waals surface area contributed by atoms with Gasteiger partial charge in [0.2, 0.25) is 0 Å². The molecule has 0 aliphatic heterocycles. The number of hydrogen-bond donors (Lipinski definition) is 1. The highest BCUT2D eigenvalue weighted by Gasteiger charge is 1.59. The Hall–Kier alpha value is -2.10. The molecule has 14 heavy (non-hydrogen) atoms. The van der Waals surface area contributed by atoms with Crippen molar-refractivity contribution in [2.75, 3.05) is 0 Å². The van der Waals surface area contributed by atoms with Gasteiger partial charge in [-0.2, -0.15) is 0 Å². The van der Waals surface area contributed by atoms with Crippen LogP contribution in [0.25, 0.3) is 0 Å². The minimum absolute atomic E-state index is 0.250. The third-order valence-electron chi connectivity index (χ3n) is 1.01. The van der Waals surface area contributed by atoms with E-state index in [1.165, 1.54) is 12.7 Å². The Morgan fingerprint density at radius 2 is 1.50 bits per heavy atom. The molecule has 0 saturated heterocycles. The predicted octanol–water partition coefficient (Wildman–Crippen LogP) is 2.06. The van der Waals surface area contributed by atoms with Crippen LogP contribution < -0.4 is 0 Å². The van der Waals surface area contributed by atoms with E-state index in [4.69, 9.17) is 9.90 Å². The molecule has 0 saturated carbocycles. The number of rotatable bonds is 0. The van der Waals surface area contributed by atoms with Gasteiger partial charge in [-0.05, 0) is 0 Å². The number of benzene rings is 1. The molecule has 2 rings (SSSR count). The van der Waals surface area contributed by atoms with Crippen LogP contribution >= 0.6 is 0 Å². The average molecular weight is 193 g/mol. The summed E-state index contributed by atoms with van der Waals surface area (Å²) in [6.45, 7) is -0.250. The molecule has 0 spiro atoms. The van der Waals surface area contributed by atoms with E-state index < -0.39 is 0 Å². The van der Waals surface area contributed by atoms with Crippen LogP contribution in [0.2, 0.25) is 0 Å². The molecule has 0 fully saturated rings. The zero-order chi connectivity index (χ0) is 10.5. The molecule has 74 valence electrons. The number of oxazole rings is 1. The number of carbonyl (C=O) groups is 1. The van der Waals surface area contributed by atoms with Gasteiger partial charge in [-0.1, -0.05) is 36.4 Å². The van der Waals surface area contributed by atoms with Crippen molar-refractivity contribution in [2.24, 2.45) is 0 Å². The fourth-order valence-electron chi connectivity index (χ4n) is 0.561. The molecule has 1 aromatic heterocycles. The van der Waals surface area contributed by atoms with Crippen molar-refractivity contribution in [1.29, 1.82) is 0 Å². The highest BCUT2D eigenvalue weighted by Crippen LogP contribution is 1.79. The van der Waals surface area contributed by atoms with Crippen molar-refractivity contribution in [3.63, 3.8) is 0 Å². The van der Waals surface area contributed by atoms with Crippen molar-refractivity contribution in [2.45, 2.75) is 0 Å². The maximum absolute atomic E-state index is 8.36. The van der Waals surface area contributed by atoms with Crippen LogP contribution in [0.15, 0.2) is 59.7 Å². The molecule has 0 aliphatic carbocycles. The lowest BCUT2D eigenvalue weighted by Crippen LogP contribution is -1.49. The molecule has 0 unspecified atom stereocenters. The molecule has 1 N–H and O–H groups in total. The minimum atomic E-state index is -0.250. The second-order valence-corrected chi connectivity index (χ2v) is 1.94. The first-order chi connectivity index (χ1) is 6.91. The summed E-state index contributed by atoms with van der Waals surface area (Å²) in [4.78, 5) is 11.9. The third kappa shape index (κ3) is 9.90. The molecule has 1 heterocycles. The van der Waals surface area contributed by atoms with E-state index in [1.54, 1.807) is 6.20 Å². The second-order valence-electron chi connectivity index (χ2n) is 1.94. The maximum Gasteiger partial charge on any atom is 0.290 e. The lowest BCUT2D eigenvalue weighted by Gasteiger charge is -1.69. The van der Waals surface area contributed by atoms with Crippen LogP contribution in [0.3, 0.4) is 0 Å². The number of aromatic nitrogens is 1. The molecule has 0 aliphatic rings. The van der Waals surface area contributed by atoms with Crippen LogP contribution in [0.4, 0.5) is 0 Å². The predicted molar refractivity (Wildman–Crippen MR) is 51.6 cm³/mol. The summed E-state index contributed by atoms with van der Waals surface area (Å²) < 4.78 is 4.47. The molecular formula is C10H11NO3. The zero-order valence-electron chi connectivity index (χ0n) is 7.48. The Balaban J connectivity index is 0.000000193. The maximum atomic E-state index is 8.36. The summed E-state index contributed by atoms with van der Waals surface area (Å²) in [6, 6.07) is 12.0. The summed E-state index contributed by atoms with van der Waals surface area (Å²) in [5.41, 5.74) is 0. The van der Waals surface area contributed by atoms with Crippen LogP contribution in [0.1, 0.15) is 0 Å². The van der Waals surface area contributed by atoms with E-state index in [-0.39, 0.29) is 6.47 Å². The third-order valence-corrected chi connectivity index (χ3v) is 1.01. The van der Waals surface area contributed by atoms with Crippen molar-refractivity contribution >= 4 is 6.47 Å². The monoisotopic (exact) mass is 193 g/mol. The number of carboxylic acid groups (broad SMARTS) is 1. The molecule has 0 radical (unpaired) electrons. The van der Waals surface area contributed by atoms with E-state index >= 15 is 0 Å². The van der Waals surface area contributed by atoms with Gasteiger partial charge in [-0.3, -0.25) is 4.79 Å². The Morgan fingerprint density at radius 3 is 1.64 bits per heavy atom. The van der Waals surface area contributed by atoms with Gasteiger partial charge in [0.05, 0.1) is 6.20 Å². The Kier molecular flexibility index (Phi) is 9.27. The molecule has 4 nitrogen and oxygen atoms in total. The van der Waals surface area contributed by atoms with Gasteiger partial charge in [-0.25, -0.2) is 4.98 Å². The molecule has 0 amide bonds. The fraction of sp³-hybridized carbons (Fsp3) is 0. The largest absolute Gasteiger partial charge is 0.483 e. The van der Waals surface area contributed by atoms with E-state index in [9.17, 15) is 0 Å². The quantitative estimate of drug-likeness (QED) is 0.650. The summed E-state index contributed by atoms with van der Waals surface area (Å²) >= 11 is 0.